The number of carbonyl (C=O) groups excluding carboxylic acids is 1. The maximum absolute atomic E-state index is 12.1. The van der Waals surface area contributed by atoms with Gasteiger partial charge in [-0.25, -0.2) is 13.1 Å². The number of carboxylic acid groups (broad SMARTS) is 1. The highest BCUT2D eigenvalue weighted by molar-refractivity contribution is 7.89. The largest absolute Gasteiger partial charge is 0.548 e. The number of hydrogen-bond donors (Lipinski definition) is 2. The highest BCUT2D eigenvalue weighted by Crippen LogP contribution is 2.15. The van der Waals surface area contributed by atoms with Crippen LogP contribution in [0.5, 0.6) is 0 Å². The van der Waals surface area contributed by atoms with Crippen molar-refractivity contribution in [2.24, 2.45) is 5.10 Å². The third-order valence-corrected chi connectivity index (χ3v) is 5.27. The van der Waals surface area contributed by atoms with E-state index in [-0.39, 0.29) is 4.90 Å². The average molecular weight is 395 g/mol. The molecule has 138 valence electrons. The van der Waals surface area contributed by atoms with Gasteiger partial charge in [0.1, 0.15) is 0 Å². The first-order valence-electron chi connectivity index (χ1n) is 7.58. The predicted molar refractivity (Wildman–Crippen MR) is 98.5 cm³/mol. The van der Waals surface area contributed by atoms with Crippen LogP contribution < -0.4 is 15.3 Å². The standard InChI is InChI=1S/C17H18ClN3O4S/c1-11(19-20-15-7-5-14(18)6-8-15)13-3-9-16(10-4-13)26(24,25)21-12(2)17(22)23/h3-10,12,20-21H,1-2H3,(H,22,23)/p-1/b19-11-/t12-/m0/s1. The lowest BCUT2D eigenvalue weighted by Gasteiger charge is -2.15. The maximum atomic E-state index is 12.1. The zero-order valence-corrected chi connectivity index (χ0v) is 15.6. The molecule has 2 aromatic rings. The minimum atomic E-state index is -3.95. The van der Waals surface area contributed by atoms with Crippen LogP contribution in [0.3, 0.4) is 0 Å². The molecule has 0 radical (unpaired) electrons. The minimum Gasteiger partial charge on any atom is -0.548 e. The van der Waals surface area contributed by atoms with Gasteiger partial charge in [0.15, 0.2) is 0 Å². The van der Waals surface area contributed by atoms with Crippen LogP contribution in [0.1, 0.15) is 19.4 Å². The Labute approximate surface area is 156 Å². The second kappa shape index (κ2) is 8.31. The highest BCUT2D eigenvalue weighted by atomic mass is 35.5. The van der Waals surface area contributed by atoms with Gasteiger partial charge < -0.3 is 9.90 Å². The van der Waals surface area contributed by atoms with E-state index in [0.29, 0.717) is 16.3 Å². The zero-order valence-electron chi connectivity index (χ0n) is 14.1. The Morgan fingerprint density at radius 3 is 2.23 bits per heavy atom. The van der Waals surface area contributed by atoms with Crippen LogP contribution in [-0.2, 0) is 14.8 Å². The fraction of sp³-hybridized carbons (Fsp3) is 0.176. The Morgan fingerprint density at radius 2 is 1.69 bits per heavy atom. The van der Waals surface area contributed by atoms with Crippen LogP contribution in [0.4, 0.5) is 5.69 Å². The zero-order chi connectivity index (χ0) is 19.3. The molecule has 26 heavy (non-hydrogen) atoms. The van der Waals surface area contributed by atoms with Crippen molar-refractivity contribution in [2.75, 3.05) is 5.43 Å². The van der Waals surface area contributed by atoms with Crippen molar-refractivity contribution < 1.29 is 18.3 Å². The Morgan fingerprint density at radius 1 is 1.12 bits per heavy atom. The van der Waals surface area contributed by atoms with E-state index in [9.17, 15) is 18.3 Å². The van der Waals surface area contributed by atoms with Gasteiger partial charge >= 0.3 is 0 Å². The summed E-state index contributed by atoms with van der Waals surface area (Å²) in [7, 11) is -3.95. The number of benzene rings is 2. The summed E-state index contributed by atoms with van der Waals surface area (Å²) in [5.74, 6) is -1.50. The number of aliphatic carboxylic acids is 1. The van der Waals surface area contributed by atoms with Crippen LogP contribution in [0.2, 0.25) is 5.02 Å². The smallest absolute Gasteiger partial charge is 0.241 e. The van der Waals surface area contributed by atoms with Crippen LogP contribution in [0.25, 0.3) is 0 Å². The van der Waals surface area contributed by atoms with Gasteiger partial charge in [-0.2, -0.15) is 5.10 Å². The van der Waals surface area contributed by atoms with Gasteiger partial charge in [0.2, 0.25) is 10.0 Å². The minimum absolute atomic E-state index is 0.0483. The van der Waals surface area contributed by atoms with Crippen molar-refractivity contribution in [1.82, 2.24) is 4.72 Å². The quantitative estimate of drug-likeness (QED) is 0.547. The van der Waals surface area contributed by atoms with Crippen molar-refractivity contribution in [2.45, 2.75) is 24.8 Å². The number of nitrogens with one attached hydrogen (secondary N) is 2. The predicted octanol–water partition coefficient (Wildman–Crippen LogP) is 1.59. The summed E-state index contributed by atoms with van der Waals surface area (Å²) in [6.07, 6.45) is 0. The summed E-state index contributed by atoms with van der Waals surface area (Å²) < 4.78 is 26.3. The first-order chi connectivity index (χ1) is 12.2. The molecule has 2 aromatic carbocycles. The summed E-state index contributed by atoms with van der Waals surface area (Å²) in [5, 5.41) is 15.5. The Balaban J connectivity index is 2.11. The number of carboxylic acids is 1. The SMILES string of the molecule is C/C(=N/Nc1ccc(Cl)cc1)c1ccc(S(=O)(=O)N[C@@H](C)C(=O)[O-])cc1. The molecule has 2 rings (SSSR count). The highest BCUT2D eigenvalue weighted by Gasteiger charge is 2.17. The molecule has 9 heteroatoms. The van der Waals surface area contributed by atoms with Gasteiger partial charge in [0.05, 0.1) is 28.3 Å². The van der Waals surface area contributed by atoms with Gasteiger partial charge in [-0.1, -0.05) is 23.7 Å². The molecule has 0 saturated heterocycles. The van der Waals surface area contributed by atoms with Crippen molar-refractivity contribution >= 4 is 39.0 Å². The molecule has 1 atom stereocenters. The van der Waals surface area contributed by atoms with Gasteiger partial charge in [0.25, 0.3) is 0 Å². The average Bonchev–Trinajstić information content (AvgIpc) is 2.60. The molecule has 2 N–H and O–H groups in total. The van der Waals surface area contributed by atoms with Gasteiger partial charge in [-0.3, -0.25) is 5.43 Å². The number of carbonyl (C=O) groups is 1. The van der Waals surface area contributed by atoms with Crippen LogP contribution >= 0.6 is 11.6 Å². The molecule has 0 spiro atoms. The van der Waals surface area contributed by atoms with Crippen molar-refractivity contribution in [3.8, 4) is 0 Å². The van der Waals surface area contributed by atoms with Crippen LogP contribution in [-0.4, -0.2) is 26.1 Å². The summed E-state index contributed by atoms with van der Waals surface area (Å²) in [6.45, 7) is 2.96. The molecule has 0 unspecified atom stereocenters. The Kier molecular flexibility index (Phi) is 6.36. The van der Waals surface area contributed by atoms with Gasteiger partial charge in [-0.05, 0) is 55.8 Å². The summed E-state index contributed by atoms with van der Waals surface area (Å²) in [6, 6.07) is 11.6. The van der Waals surface area contributed by atoms with E-state index in [2.05, 4.69) is 10.5 Å². The topological polar surface area (TPSA) is 111 Å². The van der Waals surface area contributed by atoms with E-state index in [1.807, 2.05) is 4.72 Å². The molecule has 0 aromatic heterocycles. The summed E-state index contributed by atoms with van der Waals surface area (Å²) in [5.41, 5.74) is 4.98. The van der Waals surface area contributed by atoms with Crippen molar-refractivity contribution in [3.63, 3.8) is 0 Å². The molecule has 7 nitrogen and oxygen atoms in total. The molecule has 0 bridgehead atoms. The van der Waals surface area contributed by atoms with Crippen molar-refractivity contribution in [3.05, 3.63) is 59.1 Å². The number of rotatable bonds is 7. The third-order valence-electron chi connectivity index (χ3n) is 3.46. The molecule has 0 fully saturated rings. The molecular formula is C17H17ClN3O4S-. The molecule has 0 heterocycles. The number of hydrogen-bond acceptors (Lipinski definition) is 6. The van der Waals surface area contributed by atoms with Gasteiger partial charge in [-0.15, -0.1) is 0 Å². The Bertz CT molecular complexity index is 910. The van der Waals surface area contributed by atoms with E-state index in [1.54, 1.807) is 43.3 Å². The second-order valence-electron chi connectivity index (χ2n) is 5.50. The van der Waals surface area contributed by atoms with E-state index in [4.69, 9.17) is 11.6 Å². The Hall–Kier alpha value is -2.42. The van der Waals surface area contributed by atoms with Crippen LogP contribution in [0.15, 0.2) is 58.5 Å². The van der Waals surface area contributed by atoms with Crippen molar-refractivity contribution in [1.29, 1.82) is 0 Å². The lowest BCUT2D eigenvalue weighted by atomic mass is 10.1. The van der Waals surface area contributed by atoms with E-state index in [0.717, 1.165) is 5.69 Å². The fourth-order valence-corrected chi connectivity index (χ4v) is 3.28. The molecular weight excluding hydrogens is 378 g/mol. The van der Waals surface area contributed by atoms with E-state index < -0.39 is 22.0 Å². The van der Waals surface area contributed by atoms with E-state index >= 15 is 0 Å². The number of nitrogens with zero attached hydrogens (tertiary/aromatic N) is 1. The lowest BCUT2D eigenvalue weighted by molar-refractivity contribution is -0.307. The maximum Gasteiger partial charge on any atom is 0.241 e. The molecule has 0 aliphatic carbocycles. The first-order valence-corrected chi connectivity index (χ1v) is 9.44. The number of halogens is 1. The molecule has 0 saturated carbocycles. The lowest BCUT2D eigenvalue weighted by Crippen LogP contribution is -2.45. The monoisotopic (exact) mass is 394 g/mol. The normalized spacial score (nSPS) is 13.3. The number of hydrazone groups is 1. The summed E-state index contributed by atoms with van der Waals surface area (Å²) >= 11 is 5.82. The summed E-state index contributed by atoms with van der Waals surface area (Å²) in [4.78, 5) is 10.6. The fourth-order valence-electron chi connectivity index (χ4n) is 1.96. The second-order valence-corrected chi connectivity index (χ2v) is 7.65. The number of sulfonamides is 1. The number of anilines is 1. The third kappa shape index (κ3) is 5.29. The molecule has 0 amide bonds. The molecule has 0 aliphatic heterocycles. The molecule has 0 aliphatic rings. The van der Waals surface area contributed by atoms with Crippen LogP contribution in [0, 0.1) is 0 Å². The van der Waals surface area contributed by atoms with E-state index in [1.165, 1.54) is 19.1 Å². The van der Waals surface area contributed by atoms with Gasteiger partial charge in [0, 0.05) is 5.02 Å². The first kappa shape index (κ1) is 19.9.